The Morgan fingerprint density at radius 2 is 2.14 bits per heavy atom. The molecular weight excluding hydrogens is 304 g/mol. The van der Waals surface area contributed by atoms with E-state index in [1.807, 2.05) is 26.8 Å². The lowest BCUT2D eigenvalue weighted by Crippen LogP contribution is -2.38. The van der Waals surface area contributed by atoms with Crippen LogP contribution in [0.5, 0.6) is 5.88 Å². The molecule has 0 bridgehead atoms. The van der Waals surface area contributed by atoms with Gasteiger partial charge in [0.1, 0.15) is 11.1 Å². The Morgan fingerprint density at radius 1 is 1.41 bits per heavy atom. The van der Waals surface area contributed by atoms with Gasteiger partial charge in [0.15, 0.2) is 0 Å². The van der Waals surface area contributed by atoms with Crippen molar-refractivity contribution in [3.05, 3.63) is 28.9 Å². The zero-order valence-corrected chi connectivity index (χ0v) is 14.0. The lowest BCUT2D eigenvalue weighted by molar-refractivity contribution is -0.155. The van der Waals surface area contributed by atoms with E-state index in [4.69, 9.17) is 21.1 Å². The van der Waals surface area contributed by atoms with E-state index in [-0.39, 0.29) is 12.1 Å². The van der Waals surface area contributed by atoms with Crippen molar-refractivity contribution in [2.45, 2.75) is 26.9 Å². The van der Waals surface area contributed by atoms with Crippen LogP contribution < -0.4 is 10.1 Å². The quantitative estimate of drug-likeness (QED) is 0.866. The molecule has 0 fully saturated rings. The number of halogens is 1. The van der Waals surface area contributed by atoms with Gasteiger partial charge in [-0.05, 0) is 32.9 Å². The maximum Gasteiger partial charge on any atom is 0.311 e. The predicted octanol–water partition coefficient (Wildman–Crippen LogP) is 2.69. The van der Waals surface area contributed by atoms with E-state index in [1.165, 1.54) is 7.11 Å². The fraction of sp³-hybridized carbons (Fsp3) is 0.500. The Labute approximate surface area is 135 Å². The van der Waals surface area contributed by atoms with Gasteiger partial charge in [-0.25, -0.2) is 4.98 Å². The molecule has 0 aromatic carbocycles. The van der Waals surface area contributed by atoms with Crippen molar-refractivity contribution < 1.29 is 14.3 Å². The third-order valence-electron chi connectivity index (χ3n) is 3.31. The normalized spacial score (nSPS) is 18.6. The van der Waals surface area contributed by atoms with Gasteiger partial charge in [-0.2, -0.15) is 0 Å². The Hall–Kier alpha value is -1.59. The molecule has 1 atom stereocenters. The summed E-state index contributed by atoms with van der Waals surface area (Å²) in [6.45, 7) is 6.75. The van der Waals surface area contributed by atoms with Gasteiger partial charge in [-0.1, -0.05) is 17.7 Å². The number of carbonyl (C=O) groups excluding carboxylic acids is 1. The predicted molar refractivity (Wildman–Crippen MR) is 86.0 cm³/mol. The molecule has 0 aliphatic carbocycles. The van der Waals surface area contributed by atoms with Crippen LogP contribution in [0.2, 0.25) is 5.02 Å². The van der Waals surface area contributed by atoms with Gasteiger partial charge >= 0.3 is 5.97 Å². The smallest absolute Gasteiger partial charge is 0.311 e. The van der Waals surface area contributed by atoms with Crippen LogP contribution >= 0.6 is 11.6 Å². The van der Waals surface area contributed by atoms with Crippen LogP contribution in [0, 0.1) is 5.41 Å². The summed E-state index contributed by atoms with van der Waals surface area (Å²) in [5, 5.41) is 3.64. The second kappa shape index (κ2) is 6.67. The maximum absolute atomic E-state index is 12.1. The molecule has 120 valence electrons. The molecule has 5 nitrogen and oxygen atoms in total. The Kier molecular flexibility index (Phi) is 5.08. The summed E-state index contributed by atoms with van der Waals surface area (Å²) in [6, 6.07) is 3.54. The summed E-state index contributed by atoms with van der Waals surface area (Å²) in [5.74, 6) is 0.118. The molecular formula is C16H21ClN2O3. The topological polar surface area (TPSA) is 60.4 Å². The van der Waals surface area contributed by atoms with Crippen molar-refractivity contribution in [1.29, 1.82) is 0 Å². The first kappa shape index (κ1) is 16.8. The lowest BCUT2D eigenvalue weighted by Gasteiger charge is -2.28. The highest BCUT2D eigenvalue weighted by molar-refractivity contribution is 6.31. The van der Waals surface area contributed by atoms with Crippen molar-refractivity contribution in [3.63, 3.8) is 0 Å². The monoisotopic (exact) mass is 324 g/mol. The van der Waals surface area contributed by atoms with Gasteiger partial charge in [-0.15, -0.1) is 0 Å². The Bertz CT molecular complexity index is 594. The minimum Gasteiger partial charge on any atom is -0.480 e. The number of nitrogens with zero attached hydrogens (tertiary/aromatic N) is 1. The van der Waals surface area contributed by atoms with Crippen molar-refractivity contribution in [3.8, 4) is 5.88 Å². The van der Waals surface area contributed by atoms with Crippen LogP contribution in [0.1, 0.15) is 26.5 Å². The standard InChI is InChI=1S/C16H21ClN2O3/c1-16(2,3)15(20)22-13-9-18-8-7-10(13)12-6-5-11(17)14(19-12)21-4/h5-7,13,18H,8-9H2,1-4H3/t13-/m0/s1. The zero-order valence-electron chi connectivity index (χ0n) is 13.3. The first-order chi connectivity index (χ1) is 10.3. The molecule has 1 aromatic rings. The number of esters is 1. The van der Waals surface area contributed by atoms with E-state index < -0.39 is 5.41 Å². The SMILES string of the molecule is COc1nc(C2=CCNC[C@@H]2OC(=O)C(C)(C)C)ccc1Cl. The summed E-state index contributed by atoms with van der Waals surface area (Å²) < 4.78 is 10.8. The van der Waals surface area contributed by atoms with Crippen LogP contribution in [0.25, 0.3) is 5.57 Å². The van der Waals surface area contributed by atoms with Crippen LogP contribution in [0.3, 0.4) is 0 Å². The Balaban J connectivity index is 2.27. The maximum atomic E-state index is 12.1. The summed E-state index contributed by atoms with van der Waals surface area (Å²) in [7, 11) is 1.52. The summed E-state index contributed by atoms with van der Waals surface area (Å²) >= 11 is 6.01. The van der Waals surface area contributed by atoms with E-state index in [9.17, 15) is 4.79 Å². The van der Waals surface area contributed by atoms with Crippen molar-refractivity contribution in [1.82, 2.24) is 10.3 Å². The Morgan fingerprint density at radius 3 is 2.77 bits per heavy atom. The van der Waals surface area contributed by atoms with Crippen LogP contribution in [0.4, 0.5) is 0 Å². The highest BCUT2D eigenvalue weighted by Gasteiger charge is 2.30. The molecule has 2 heterocycles. The fourth-order valence-corrected chi connectivity index (χ4v) is 2.23. The lowest BCUT2D eigenvalue weighted by atomic mass is 9.96. The van der Waals surface area contributed by atoms with Gasteiger partial charge in [0.05, 0.1) is 18.2 Å². The van der Waals surface area contributed by atoms with Gasteiger partial charge < -0.3 is 14.8 Å². The molecule has 0 radical (unpaired) electrons. The average molecular weight is 325 g/mol. The third-order valence-corrected chi connectivity index (χ3v) is 3.60. The average Bonchev–Trinajstić information content (AvgIpc) is 2.47. The van der Waals surface area contributed by atoms with Gasteiger partial charge in [0.2, 0.25) is 5.88 Å². The highest BCUT2D eigenvalue weighted by Crippen LogP contribution is 2.28. The molecule has 1 N–H and O–H groups in total. The molecule has 0 unspecified atom stereocenters. The van der Waals surface area contributed by atoms with E-state index in [0.29, 0.717) is 29.7 Å². The summed E-state index contributed by atoms with van der Waals surface area (Å²) in [5.41, 5.74) is 1.02. The first-order valence-corrected chi connectivity index (χ1v) is 7.53. The third kappa shape index (κ3) is 3.78. The molecule has 1 aromatic heterocycles. The molecule has 0 amide bonds. The van der Waals surface area contributed by atoms with E-state index in [0.717, 1.165) is 5.57 Å². The van der Waals surface area contributed by atoms with Crippen LogP contribution in [0.15, 0.2) is 18.2 Å². The molecule has 0 saturated carbocycles. The number of aromatic nitrogens is 1. The second-order valence-corrected chi connectivity index (χ2v) is 6.56. The van der Waals surface area contributed by atoms with Gasteiger partial charge in [-0.3, -0.25) is 4.79 Å². The number of carbonyl (C=O) groups is 1. The number of rotatable bonds is 3. The van der Waals surface area contributed by atoms with Gasteiger partial charge in [0.25, 0.3) is 0 Å². The number of pyridine rings is 1. The molecule has 22 heavy (non-hydrogen) atoms. The number of methoxy groups -OCH3 is 1. The van der Waals surface area contributed by atoms with E-state index in [2.05, 4.69) is 10.3 Å². The number of hydrogen-bond acceptors (Lipinski definition) is 5. The number of ether oxygens (including phenoxy) is 2. The van der Waals surface area contributed by atoms with Crippen LogP contribution in [-0.2, 0) is 9.53 Å². The molecule has 0 saturated heterocycles. The summed E-state index contributed by atoms with van der Waals surface area (Å²) in [6.07, 6.45) is 1.60. The minimum atomic E-state index is -0.548. The highest BCUT2D eigenvalue weighted by atomic mass is 35.5. The van der Waals surface area contributed by atoms with Gasteiger partial charge in [0, 0.05) is 18.7 Å². The van der Waals surface area contributed by atoms with E-state index >= 15 is 0 Å². The largest absolute Gasteiger partial charge is 0.480 e. The first-order valence-electron chi connectivity index (χ1n) is 7.15. The van der Waals surface area contributed by atoms with Crippen molar-refractivity contribution >= 4 is 23.1 Å². The van der Waals surface area contributed by atoms with Crippen LogP contribution in [-0.4, -0.2) is 37.3 Å². The van der Waals surface area contributed by atoms with E-state index in [1.54, 1.807) is 12.1 Å². The van der Waals surface area contributed by atoms with Crippen molar-refractivity contribution in [2.75, 3.05) is 20.2 Å². The molecule has 2 rings (SSSR count). The number of hydrogen-bond donors (Lipinski definition) is 1. The molecule has 6 heteroatoms. The second-order valence-electron chi connectivity index (χ2n) is 6.15. The fourth-order valence-electron chi connectivity index (χ4n) is 2.05. The number of nitrogens with one attached hydrogen (secondary N) is 1. The summed E-state index contributed by atoms with van der Waals surface area (Å²) in [4.78, 5) is 16.5. The zero-order chi connectivity index (χ0) is 16.3. The molecule has 1 aliphatic rings. The minimum absolute atomic E-state index is 0.243. The van der Waals surface area contributed by atoms with Crippen molar-refractivity contribution in [2.24, 2.45) is 5.41 Å². The molecule has 1 aliphatic heterocycles. The molecule has 0 spiro atoms.